The molecule has 9 nitrogen and oxygen atoms in total. The number of ether oxygens (including phenoxy) is 2. The lowest BCUT2D eigenvalue weighted by atomic mass is 10.2. The minimum atomic E-state index is -4.46. The Morgan fingerprint density at radius 2 is 1.72 bits per heavy atom. The van der Waals surface area contributed by atoms with Gasteiger partial charge in [0.1, 0.15) is 0 Å². The molecule has 0 aliphatic carbocycles. The van der Waals surface area contributed by atoms with Crippen molar-refractivity contribution in [2.75, 3.05) is 29.9 Å². The van der Waals surface area contributed by atoms with Crippen LogP contribution in [0.25, 0.3) is 0 Å². The molecule has 13 heteroatoms. The summed E-state index contributed by atoms with van der Waals surface area (Å²) >= 11 is 0. The molecule has 0 bridgehead atoms. The smallest absolute Gasteiger partial charge is 0.416 e. The number of hydrogen-bond acceptors (Lipinski definition) is 9. The van der Waals surface area contributed by atoms with Crippen LogP contribution in [0.1, 0.15) is 11.1 Å². The number of fused-ring (bicyclic) bond motifs is 1. The minimum absolute atomic E-state index is 0. The number of rotatable bonds is 6. The van der Waals surface area contributed by atoms with Crippen LogP contribution in [-0.2, 0) is 6.18 Å². The Bertz CT molecular complexity index is 1130. The van der Waals surface area contributed by atoms with Crippen LogP contribution in [0.4, 0.5) is 36.7 Å². The highest BCUT2D eigenvalue weighted by atomic mass is 35.5. The van der Waals surface area contributed by atoms with E-state index in [2.05, 4.69) is 36.1 Å². The largest absolute Gasteiger partial charge is 0.454 e. The topological polar surface area (TPSA) is 106 Å². The second kappa shape index (κ2) is 9.56. The van der Waals surface area contributed by atoms with Crippen molar-refractivity contribution < 1.29 is 22.6 Å². The van der Waals surface area contributed by atoms with E-state index in [1.54, 1.807) is 25.2 Å². The SMILES string of the molecule is CNc1nc(N/N=C/c2ccc3c(c2)OCO3)nc(Nc2cccc(C(F)(F)F)c2)n1.Cl. The van der Waals surface area contributed by atoms with Crippen molar-refractivity contribution in [2.45, 2.75) is 6.18 Å². The van der Waals surface area contributed by atoms with Gasteiger partial charge < -0.3 is 20.1 Å². The highest BCUT2D eigenvalue weighted by Crippen LogP contribution is 2.32. The van der Waals surface area contributed by atoms with Crippen LogP contribution in [0.15, 0.2) is 47.6 Å². The Morgan fingerprint density at radius 1 is 0.969 bits per heavy atom. The fraction of sp³-hybridized carbons (Fsp3) is 0.158. The van der Waals surface area contributed by atoms with Crippen molar-refractivity contribution >= 4 is 42.2 Å². The zero-order chi connectivity index (χ0) is 21.8. The van der Waals surface area contributed by atoms with Crippen LogP contribution in [0.5, 0.6) is 11.5 Å². The Morgan fingerprint density at radius 3 is 2.50 bits per heavy atom. The molecule has 0 spiro atoms. The van der Waals surface area contributed by atoms with E-state index in [1.807, 2.05) is 0 Å². The Labute approximate surface area is 186 Å². The molecule has 3 N–H and O–H groups in total. The van der Waals surface area contributed by atoms with E-state index in [4.69, 9.17) is 9.47 Å². The maximum Gasteiger partial charge on any atom is 0.416 e. The number of nitrogens with zero attached hydrogens (tertiary/aromatic N) is 4. The van der Waals surface area contributed by atoms with Crippen LogP contribution in [0.3, 0.4) is 0 Å². The molecule has 0 amide bonds. The number of hydrazone groups is 1. The average Bonchev–Trinajstić information content (AvgIpc) is 3.21. The zero-order valence-electron chi connectivity index (χ0n) is 16.5. The van der Waals surface area contributed by atoms with Gasteiger partial charge >= 0.3 is 6.18 Å². The van der Waals surface area contributed by atoms with Gasteiger partial charge in [-0.25, -0.2) is 5.43 Å². The van der Waals surface area contributed by atoms with Gasteiger partial charge in [-0.1, -0.05) is 6.07 Å². The first kappa shape index (κ1) is 22.9. The number of halogens is 4. The van der Waals surface area contributed by atoms with Crippen molar-refractivity contribution in [3.8, 4) is 11.5 Å². The van der Waals surface area contributed by atoms with Gasteiger partial charge in [0, 0.05) is 12.7 Å². The van der Waals surface area contributed by atoms with Crippen LogP contribution in [-0.4, -0.2) is 35.0 Å². The molecule has 0 unspecified atom stereocenters. The summed E-state index contributed by atoms with van der Waals surface area (Å²) in [4.78, 5) is 12.3. The third-order valence-corrected chi connectivity index (χ3v) is 4.08. The first-order valence-electron chi connectivity index (χ1n) is 8.97. The molecule has 0 radical (unpaired) electrons. The van der Waals surface area contributed by atoms with Crippen molar-refractivity contribution in [1.29, 1.82) is 0 Å². The second-order valence-electron chi connectivity index (χ2n) is 6.24. The number of nitrogens with one attached hydrogen (secondary N) is 3. The van der Waals surface area contributed by atoms with E-state index in [0.717, 1.165) is 17.7 Å². The van der Waals surface area contributed by atoms with Crippen LogP contribution in [0, 0.1) is 0 Å². The van der Waals surface area contributed by atoms with Crippen LogP contribution < -0.4 is 25.5 Å². The molecule has 0 atom stereocenters. The zero-order valence-corrected chi connectivity index (χ0v) is 17.3. The Kier molecular flexibility index (Phi) is 6.83. The van der Waals surface area contributed by atoms with E-state index < -0.39 is 11.7 Å². The summed E-state index contributed by atoms with van der Waals surface area (Å²) in [6.45, 7) is 0.174. The molecule has 168 valence electrons. The van der Waals surface area contributed by atoms with E-state index in [1.165, 1.54) is 18.3 Å². The molecular formula is C19H17ClF3N7O2. The van der Waals surface area contributed by atoms with Crippen molar-refractivity contribution in [2.24, 2.45) is 5.10 Å². The lowest BCUT2D eigenvalue weighted by molar-refractivity contribution is -0.137. The maximum atomic E-state index is 12.9. The molecule has 3 aromatic rings. The van der Waals surface area contributed by atoms with Crippen LogP contribution >= 0.6 is 12.4 Å². The quantitative estimate of drug-likeness (QED) is 0.364. The van der Waals surface area contributed by atoms with Crippen molar-refractivity contribution in [3.05, 3.63) is 53.6 Å². The number of benzene rings is 2. The monoisotopic (exact) mass is 467 g/mol. The van der Waals surface area contributed by atoms with E-state index in [-0.39, 0.29) is 42.7 Å². The molecule has 1 aromatic heterocycles. The number of alkyl halides is 3. The standard InChI is InChI=1S/C19H16F3N7O2.ClH/c1-23-16-26-17(25-13-4-2-3-12(8-13)19(20,21)22)28-18(27-16)29-24-9-11-5-6-14-15(7-11)31-10-30-14;/h2-9H,10H2,1H3,(H3,23,25,26,27,28,29);1H/b24-9+;. The summed E-state index contributed by atoms with van der Waals surface area (Å²) in [6.07, 6.45) is -2.92. The first-order valence-corrected chi connectivity index (χ1v) is 8.97. The molecule has 0 saturated carbocycles. The van der Waals surface area contributed by atoms with Crippen molar-refractivity contribution in [3.63, 3.8) is 0 Å². The molecule has 0 fully saturated rings. The average molecular weight is 468 g/mol. The van der Waals surface area contributed by atoms with Gasteiger partial charge in [-0.05, 0) is 42.0 Å². The molecule has 2 heterocycles. The number of aromatic nitrogens is 3. The minimum Gasteiger partial charge on any atom is -0.454 e. The molecule has 4 rings (SSSR count). The molecule has 2 aromatic carbocycles. The molecule has 1 aliphatic rings. The lowest BCUT2D eigenvalue weighted by Gasteiger charge is -2.11. The van der Waals surface area contributed by atoms with Crippen LogP contribution in [0.2, 0.25) is 0 Å². The van der Waals surface area contributed by atoms with E-state index >= 15 is 0 Å². The Hall–Kier alpha value is -3.80. The molecular weight excluding hydrogens is 451 g/mol. The van der Waals surface area contributed by atoms with Gasteiger partial charge in [0.2, 0.25) is 24.6 Å². The summed E-state index contributed by atoms with van der Waals surface area (Å²) in [6, 6.07) is 10.0. The molecule has 0 saturated heterocycles. The molecule has 32 heavy (non-hydrogen) atoms. The second-order valence-corrected chi connectivity index (χ2v) is 6.24. The maximum absolute atomic E-state index is 12.9. The number of anilines is 4. The number of hydrogen-bond donors (Lipinski definition) is 3. The molecule has 1 aliphatic heterocycles. The summed E-state index contributed by atoms with van der Waals surface area (Å²) in [7, 11) is 1.60. The van der Waals surface area contributed by atoms with Gasteiger partial charge in [0.05, 0.1) is 11.8 Å². The summed E-state index contributed by atoms with van der Waals surface area (Å²) < 4.78 is 49.3. The third kappa shape index (κ3) is 5.46. The fourth-order valence-corrected chi connectivity index (χ4v) is 2.65. The first-order chi connectivity index (χ1) is 14.9. The fourth-order valence-electron chi connectivity index (χ4n) is 2.65. The summed E-state index contributed by atoms with van der Waals surface area (Å²) in [5, 5.41) is 9.58. The van der Waals surface area contributed by atoms with Gasteiger partial charge in [0.15, 0.2) is 11.5 Å². The van der Waals surface area contributed by atoms with Gasteiger partial charge in [-0.3, -0.25) is 0 Å². The predicted octanol–water partition coefficient (Wildman–Crippen LogP) is 4.27. The van der Waals surface area contributed by atoms with E-state index in [9.17, 15) is 13.2 Å². The van der Waals surface area contributed by atoms with Gasteiger partial charge in [-0.15, -0.1) is 12.4 Å². The van der Waals surface area contributed by atoms with Gasteiger partial charge in [-0.2, -0.15) is 33.2 Å². The normalized spacial score (nSPS) is 12.4. The Balaban J connectivity index is 0.00000289. The third-order valence-electron chi connectivity index (χ3n) is 4.08. The lowest BCUT2D eigenvalue weighted by Crippen LogP contribution is -2.08. The highest BCUT2D eigenvalue weighted by Gasteiger charge is 2.30. The van der Waals surface area contributed by atoms with E-state index in [0.29, 0.717) is 11.5 Å². The summed E-state index contributed by atoms with van der Waals surface area (Å²) in [5.41, 5.74) is 2.82. The van der Waals surface area contributed by atoms with Crippen molar-refractivity contribution in [1.82, 2.24) is 15.0 Å². The summed E-state index contributed by atoms with van der Waals surface area (Å²) in [5.74, 6) is 1.61. The predicted molar refractivity (Wildman–Crippen MR) is 115 cm³/mol. The van der Waals surface area contributed by atoms with Gasteiger partial charge in [0.25, 0.3) is 0 Å². The highest BCUT2D eigenvalue weighted by molar-refractivity contribution is 5.85.